The monoisotopic (exact) mass is 354 g/mol. The third-order valence-corrected chi connectivity index (χ3v) is 4.50. The normalized spacial score (nSPS) is 12.7. The summed E-state index contributed by atoms with van der Waals surface area (Å²) in [5, 5.41) is 0. The summed E-state index contributed by atoms with van der Waals surface area (Å²) in [4.78, 5) is 14.5. The molecule has 0 spiro atoms. The first-order valence-electron chi connectivity index (χ1n) is 9.16. The SMILES string of the molecule is NCCN(CCc1ccccc1)C(=O)CCc1ccc2c(c1)OCCO2. The molecule has 1 amide bonds. The van der Waals surface area contributed by atoms with Crippen LogP contribution in [-0.4, -0.2) is 43.7 Å². The van der Waals surface area contributed by atoms with E-state index in [0.29, 0.717) is 45.7 Å². The number of nitrogens with zero attached hydrogens (tertiary/aromatic N) is 1. The fourth-order valence-electron chi connectivity index (χ4n) is 3.08. The zero-order chi connectivity index (χ0) is 18.2. The van der Waals surface area contributed by atoms with E-state index in [1.54, 1.807) is 0 Å². The Hall–Kier alpha value is -2.53. The second-order valence-corrected chi connectivity index (χ2v) is 6.38. The number of ether oxygens (including phenoxy) is 2. The maximum Gasteiger partial charge on any atom is 0.222 e. The standard InChI is InChI=1S/C21H26N2O3/c22-11-13-23(12-10-17-4-2-1-3-5-17)21(24)9-7-18-6-8-19-20(16-18)26-15-14-25-19/h1-6,8,16H,7,9-15,22H2. The van der Waals surface area contributed by atoms with Crippen molar-refractivity contribution in [2.75, 3.05) is 32.8 Å². The van der Waals surface area contributed by atoms with E-state index in [1.165, 1.54) is 5.56 Å². The highest BCUT2D eigenvalue weighted by molar-refractivity contribution is 5.76. The smallest absolute Gasteiger partial charge is 0.222 e. The second-order valence-electron chi connectivity index (χ2n) is 6.38. The number of carbonyl (C=O) groups excluding carboxylic acids is 1. The Labute approximate surface area is 154 Å². The Bertz CT molecular complexity index is 718. The van der Waals surface area contributed by atoms with Crippen LogP contribution in [0, 0.1) is 0 Å². The molecule has 0 atom stereocenters. The van der Waals surface area contributed by atoms with Gasteiger partial charge in [0.25, 0.3) is 0 Å². The lowest BCUT2D eigenvalue weighted by Gasteiger charge is -2.22. The molecule has 2 aromatic rings. The van der Waals surface area contributed by atoms with Gasteiger partial charge in [0.1, 0.15) is 13.2 Å². The number of fused-ring (bicyclic) bond motifs is 1. The van der Waals surface area contributed by atoms with E-state index < -0.39 is 0 Å². The molecule has 3 rings (SSSR count). The van der Waals surface area contributed by atoms with Crippen molar-refractivity contribution in [1.29, 1.82) is 0 Å². The van der Waals surface area contributed by atoms with Gasteiger partial charge in [-0.15, -0.1) is 0 Å². The molecule has 1 heterocycles. The van der Waals surface area contributed by atoms with Crippen LogP contribution in [0.5, 0.6) is 11.5 Å². The predicted molar refractivity (Wildman–Crippen MR) is 102 cm³/mol. The second kappa shape index (κ2) is 9.25. The van der Waals surface area contributed by atoms with Crippen molar-refractivity contribution in [2.45, 2.75) is 19.3 Å². The van der Waals surface area contributed by atoms with Crippen LogP contribution in [0.3, 0.4) is 0 Å². The third kappa shape index (κ3) is 4.99. The first-order chi connectivity index (χ1) is 12.8. The number of hydrogen-bond donors (Lipinski definition) is 1. The average molecular weight is 354 g/mol. The predicted octanol–water partition coefficient (Wildman–Crippen LogP) is 2.42. The molecule has 0 bridgehead atoms. The summed E-state index contributed by atoms with van der Waals surface area (Å²) in [6, 6.07) is 16.1. The maximum absolute atomic E-state index is 12.6. The molecule has 0 fully saturated rings. The summed E-state index contributed by atoms with van der Waals surface area (Å²) in [5.74, 6) is 1.68. The first-order valence-corrected chi connectivity index (χ1v) is 9.16. The van der Waals surface area contributed by atoms with Gasteiger partial charge in [-0.3, -0.25) is 4.79 Å². The van der Waals surface area contributed by atoms with Crippen LogP contribution in [-0.2, 0) is 17.6 Å². The minimum atomic E-state index is 0.140. The summed E-state index contributed by atoms with van der Waals surface area (Å²) in [6.07, 6.45) is 1.99. The van der Waals surface area contributed by atoms with E-state index in [0.717, 1.165) is 23.5 Å². The van der Waals surface area contributed by atoms with Gasteiger partial charge in [-0.2, -0.15) is 0 Å². The molecule has 0 saturated heterocycles. The number of amides is 1. The van der Waals surface area contributed by atoms with Crippen LogP contribution in [0.2, 0.25) is 0 Å². The highest BCUT2D eigenvalue weighted by Crippen LogP contribution is 2.31. The average Bonchev–Trinajstić information content (AvgIpc) is 2.70. The molecular formula is C21H26N2O3. The Balaban J connectivity index is 1.54. The summed E-state index contributed by atoms with van der Waals surface area (Å²) in [5.41, 5.74) is 8.01. The van der Waals surface area contributed by atoms with Gasteiger partial charge in [0, 0.05) is 26.1 Å². The highest BCUT2D eigenvalue weighted by Gasteiger charge is 2.15. The van der Waals surface area contributed by atoms with E-state index in [4.69, 9.17) is 15.2 Å². The van der Waals surface area contributed by atoms with Crippen molar-refractivity contribution in [3.63, 3.8) is 0 Å². The fourth-order valence-corrected chi connectivity index (χ4v) is 3.08. The third-order valence-electron chi connectivity index (χ3n) is 4.50. The topological polar surface area (TPSA) is 64.8 Å². The van der Waals surface area contributed by atoms with Crippen molar-refractivity contribution < 1.29 is 14.3 Å². The van der Waals surface area contributed by atoms with E-state index in [9.17, 15) is 4.79 Å². The molecule has 1 aliphatic rings. The number of rotatable bonds is 8. The lowest BCUT2D eigenvalue weighted by Crippen LogP contribution is -2.37. The van der Waals surface area contributed by atoms with Crippen LogP contribution in [0.15, 0.2) is 48.5 Å². The van der Waals surface area contributed by atoms with Gasteiger partial charge in [0.15, 0.2) is 11.5 Å². The molecule has 0 aliphatic carbocycles. The van der Waals surface area contributed by atoms with Gasteiger partial charge < -0.3 is 20.1 Å². The van der Waals surface area contributed by atoms with Gasteiger partial charge >= 0.3 is 0 Å². The summed E-state index contributed by atoms with van der Waals surface area (Å²) in [7, 11) is 0. The van der Waals surface area contributed by atoms with Crippen molar-refractivity contribution in [2.24, 2.45) is 5.73 Å². The molecule has 0 unspecified atom stereocenters. The van der Waals surface area contributed by atoms with Crippen LogP contribution in [0.4, 0.5) is 0 Å². The van der Waals surface area contributed by atoms with Gasteiger partial charge in [0.05, 0.1) is 0 Å². The largest absolute Gasteiger partial charge is 0.486 e. The zero-order valence-electron chi connectivity index (χ0n) is 15.0. The number of benzene rings is 2. The van der Waals surface area contributed by atoms with Crippen LogP contribution in [0.25, 0.3) is 0 Å². The number of nitrogens with two attached hydrogens (primary N) is 1. The van der Waals surface area contributed by atoms with Gasteiger partial charge in [-0.25, -0.2) is 0 Å². The Morgan fingerprint density at radius 2 is 1.69 bits per heavy atom. The molecule has 26 heavy (non-hydrogen) atoms. The summed E-state index contributed by atoms with van der Waals surface area (Å²) in [6.45, 7) is 2.91. The van der Waals surface area contributed by atoms with Crippen LogP contribution in [0.1, 0.15) is 17.5 Å². The van der Waals surface area contributed by atoms with E-state index >= 15 is 0 Å². The number of carbonyl (C=O) groups is 1. The Kier molecular flexibility index (Phi) is 6.50. The molecule has 0 saturated carbocycles. The van der Waals surface area contributed by atoms with Crippen LogP contribution < -0.4 is 15.2 Å². The highest BCUT2D eigenvalue weighted by atomic mass is 16.6. The van der Waals surface area contributed by atoms with Crippen molar-refractivity contribution in [1.82, 2.24) is 4.90 Å². The van der Waals surface area contributed by atoms with Crippen LogP contribution >= 0.6 is 0 Å². The summed E-state index contributed by atoms with van der Waals surface area (Å²) >= 11 is 0. The van der Waals surface area contributed by atoms with Crippen molar-refractivity contribution in [3.05, 3.63) is 59.7 Å². The molecule has 1 aliphatic heterocycles. The fraction of sp³-hybridized carbons (Fsp3) is 0.381. The Morgan fingerprint density at radius 3 is 2.46 bits per heavy atom. The van der Waals surface area contributed by atoms with E-state index in [-0.39, 0.29) is 5.91 Å². The molecule has 5 heteroatoms. The molecule has 5 nitrogen and oxygen atoms in total. The molecule has 138 valence electrons. The van der Waals surface area contributed by atoms with Gasteiger partial charge in [-0.1, -0.05) is 36.4 Å². The minimum Gasteiger partial charge on any atom is -0.486 e. The molecule has 0 aromatic heterocycles. The molecular weight excluding hydrogens is 328 g/mol. The number of hydrogen-bond acceptors (Lipinski definition) is 4. The minimum absolute atomic E-state index is 0.140. The first kappa shape index (κ1) is 18.3. The molecule has 0 radical (unpaired) electrons. The lowest BCUT2D eigenvalue weighted by molar-refractivity contribution is -0.131. The van der Waals surface area contributed by atoms with Crippen molar-refractivity contribution in [3.8, 4) is 11.5 Å². The number of aryl methyl sites for hydroxylation is 1. The van der Waals surface area contributed by atoms with Gasteiger partial charge in [-0.05, 0) is 36.1 Å². The molecule has 2 aromatic carbocycles. The van der Waals surface area contributed by atoms with E-state index in [2.05, 4.69) is 12.1 Å². The zero-order valence-corrected chi connectivity index (χ0v) is 15.0. The lowest BCUT2D eigenvalue weighted by atomic mass is 10.1. The van der Waals surface area contributed by atoms with Crippen molar-refractivity contribution >= 4 is 5.91 Å². The Morgan fingerprint density at radius 1 is 0.923 bits per heavy atom. The van der Waals surface area contributed by atoms with Gasteiger partial charge in [0.2, 0.25) is 5.91 Å². The van der Waals surface area contributed by atoms with E-state index in [1.807, 2.05) is 41.3 Å². The maximum atomic E-state index is 12.6. The molecule has 2 N–H and O–H groups in total. The quantitative estimate of drug-likeness (QED) is 0.791. The summed E-state index contributed by atoms with van der Waals surface area (Å²) < 4.78 is 11.1.